The fraction of sp³-hybridized carbons (Fsp3) is 0.733. The smallest absolute Gasteiger partial charge is 0.232 e. The summed E-state index contributed by atoms with van der Waals surface area (Å²) in [6.07, 6.45) is 6.51. The molecule has 1 aliphatic carbocycles. The molecular weight excluding hydrogens is 272 g/mol. The lowest BCUT2D eigenvalue weighted by Gasteiger charge is -2.22. The number of thioether (sulfide) groups is 1. The van der Waals surface area contributed by atoms with Crippen molar-refractivity contribution in [3.05, 3.63) is 17.5 Å². The fourth-order valence-corrected chi connectivity index (χ4v) is 3.33. The Morgan fingerprint density at radius 2 is 2.25 bits per heavy atom. The number of nitrogens with one attached hydrogen (secondary N) is 1. The average molecular weight is 296 g/mol. The van der Waals surface area contributed by atoms with E-state index in [4.69, 9.17) is 4.52 Å². The van der Waals surface area contributed by atoms with Crippen LogP contribution in [0.4, 0.5) is 0 Å². The number of carbonyl (C=O) groups excluding carboxylic acids is 1. The van der Waals surface area contributed by atoms with Crippen LogP contribution in [0.3, 0.4) is 0 Å². The Labute approximate surface area is 125 Å². The molecule has 1 aromatic rings. The molecule has 1 heterocycles. The molecule has 20 heavy (non-hydrogen) atoms. The predicted octanol–water partition coefficient (Wildman–Crippen LogP) is 3.30. The summed E-state index contributed by atoms with van der Waals surface area (Å²) < 4.78 is 5.15. The Morgan fingerprint density at radius 3 is 2.90 bits per heavy atom. The second kappa shape index (κ2) is 7.72. The quantitative estimate of drug-likeness (QED) is 0.875. The zero-order valence-corrected chi connectivity index (χ0v) is 13.2. The number of aryl methyl sites for hydroxylation is 1. The summed E-state index contributed by atoms with van der Waals surface area (Å²) in [5, 5.41) is 6.88. The molecule has 1 aromatic heterocycles. The molecule has 1 aliphatic rings. The molecule has 0 aliphatic heterocycles. The van der Waals surface area contributed by atoms with Gasteiger partial charge in [-0.25, -0.2) is 0 Å². The van der Waals surface area contributed by atoms with Crippen molar-refractivity contribution in [1.29, 1.82) is 0 Å². The van der Waals surface area contributed by atoms with E-state index in [0.29, 0.717) is 11.7 Å². The van der Waals surface area contributed by atoms with Crippen molar-refractivity contribution in [2.75, 3.05) is 6.54 Å². The molecule has 0 unspecified atom stereocenters. The van der Waals surface area contributed by atoms with E-state index in [0.717, 1.165) is 18.0 Å². The minimum absolute atomic E-state index is 0.0519. The van der Waals surface area contributed by atoms with Gasteiger partial charge in [-0.05, 0) is 32.6 Å². The lowest BCUT2D eigenvalue weighted by Crippen LogP contribution is -2.35. The number of amides is 1. The van der Waals surface area contributed by atoms with Gasteiger partial charge in [0.15, 0.2) is 0 Å². The van der Waals surface area contributed by atoms with E-state index in [9.17, 15) is 4.79 Å². The Bertz CT molecular complexity index is 427. The third kappa shape index (κ3) is 4.85. The highest BCUT2D eigenvalue weighted by Gasteiger charge is 2.18. The summed E-state index contributed by atoms with van der Waals surface area (Å²) in [7, 11) is 0. The summed E-state index contributed by atoms with van der Waals surface area (Å²) >= 11 is 1.59. The number of carbonyl (C=O) groups is 1. The summed E-state index contributed by atoms with van der Waals surface area (Å²) in [6, 6.07) is 1.92. The van der Waals surface area contributed by atoms with Crippen LogP contribution in [0.25, 0.3) is 0 Å². The third-order valence-corrected chi connectivity index (χ3v) is 4.98. The van der Waals surface area contributed by atoms with Crippen molar-refractivity contribution in [2.24, 2.45) is 5.92 Å². The molecule has 1 amide bonds. The molecular formula is C15H24N2O2S. The van der Waals surface area contributed by atoms with Crippen molar-refractivity contribution >= 4 is 17.7 Å². The molecule has 0 spiro atoms. The van der Waals surface area contributed by atoms with E-state index in [-0.39, 0.29) is 11.2 Å². The molecule has 112 valence electrons. The van der Waals surface area contributed by atoms with Crippen LogP contribution in [-0.2, 0) is 10.5 Å². The van der Waals surface area contributed by atoms with E-state index in [1.807, 2.05) is 19.9 Å². The van der Waals surface area contributed by atoms with Crippen LogP contribution in [-0.4, -0.2) is 22.9 Å². The second-order valence-corrected chi connectivity index (χ2v) is 6.97. The Kier molecular flexibility index (Phi) is 5.95. The van der Waals surface area contributed by atoms with Crippen LogP contribution >= 0.6 is 11.8 Å². The lowest BCUT2D eigenvalue weighted by molar-refractivity contribution is -0.120. The van der Waals surface area contributed by atoms with Gasteiger partial charge in [0.2, 0.25) is 5.91 Å². The zero-order valence-electron chi connectivity index (χ0n) is 12.4. The van der Waals surface area contributed by atoms with Crippen molar-refractivity contribution < 1.29 is 9.32 Å². The largest absolute Gasteiger partial charge is 0.360 e. The maximum Gasteiger partial charge on any atom is 0.232 e. The molecule has 0 saturated heterocycles. The van der Waals surface area contributed by atoms with Gasteiger partial charge in [0.05, 0.1) is 16.7 Å². The third-order valence-electron chi connectivity index (χ3n) is 3.81. The Balaban J connectivity index is 1.66. The molecule has 0 radical (unpaired) electrons. The lowest BCUT2D eigenvalue weighted by atomic mass is 9.89. The maximum absolute atomic E-state index is 12.0. The van der Waals surface area contributed by atoms with Gasteiger partial charge in [-0.3, -0.25) is 4.79 Å². The number of nitrogens with zero attached hydrogens (tertiary/aromatic N) is 1. The average Bonchev–Trinajstić information content (AvgIpc) is 2.89. The van der Waals surface area contributed by atoms with Crippen LogP contribution < -0.4 is 5.32 Å². The van der Waals surface area contributed by atoms with Gasteiger partial charge in [0.25, 0.3) is 0 Å². The minimum Gasteiger partial charge on any atom is -0.360 e. The normalized spacial score (nSPS) is 17.9. The summed E-state index contributed by atoms with van der Waals surface area (Å²) in [5.41, 5.74) is 0.884. The van der Waals surface area contributed by atoms with Gasteiger partial charge in [0, 0.05) is 12.6 Å². The maximum atomic E-state index is 12.0. The van der Waals surface area contributed by atoms with Crippen LogP contribution in [0.5, 0.6) is 0 Å². The van der Waals surface area contributed by atoms with Crippen molar-refractivity contribution in [1.82, 2.24) is 10.5 Å². The van der Waals surface area contributed by atoms with Crippen molar-refractivity contribution in [3.8, 4) is 0 Å². The van der Waals surface area contributed by atoms with Crippen LogP contribution in [0.15, 0.2) is 10.6 Å². The fourth-order valence-electron chi connectivity index (χ4n) is 2.55. The monoisotopic (exact) mass is 296 g/mol. The number of aromatic nitrogens is 1. The highest BCUT2D eigenvalue weighted by molar-refractivity contribution is 7.99. The number of hydrogen-bond acceptors (Lipinski definition) is 4. The summed E-state index contributed by atoms with van der Waals surface area (Å²) in [5.74, 6) is 2.34. The highest BCUT2D eigenvalue weighted by Crippen LogP contribution is 2.23. The topological polar surface area (TPSA) is 55.1 Å². The van der Waals surface area contributed by atoms with Crippen LogP contribution in [0.2, 0.25) is 0 Å². The van der Waals surface area contributed by atoms with E-state index in [1.165, 1.54) is 32.1 Å². The van der Waals surface area contributed by atoms with E-state index < -0.39 is 0 Å². The van der Waals surface area contributed by atoms with Crippen LogP contribution in [0, 0.1) is 12.8 Å². The molecule has 0 aromatic carbocycles. The second-order valence-electron chi connectivity index (χ2n) is 5.64. The van der Waals surface area contributed by atoms with Gasteiger partial charge in [-0.2, -0.15) is 0 Å². The number of hydrogen-bond donors (Lipinski definition) is 1. The van der Waals surface area contributed by atoms with Gasteiger partial charge >= 0.3 is 0 Å². The summed E-state index contributed by atoms with van der Waals surface area (Å²) in [4.78, 5) is 12.0. The van der Waals surface area contributed by atoms with Gasteiger partial charge < -0.3 is 9.84 Å². The van der Waals surface area contributed by atoms with Crippen molar-refractivity contribution in [2.45, 2.75) is 57.0 Å². The molecule has 0 bridgehead atoms. The Morgan fingerprint density at radius 1 is 1.50 bits per heavy atom. The first-order valence-electron chi connectivity index (χ1n) is 7.46. The molecule has 2 rings (SSSR count). The van der Waals surface area contributed by atoms with E-state index in [1.54, 1.807) is 11.8 Å². The predicted molar refractivity (Wildman–Crippen MR) is 81.6 cm³/mol. The van der Waals surface area contributed by atoms with Crippen molar-refractivity contribution in [3.63, 3.8) is 0 Å². The standard InChI is InChI=1S/C15H24N2O2S/c1-11-8-14(19-17-11)10-20-12(2)15(18)16-9-13-6-4-3-5-7-13/h8,12-13H,3-7,9-10H2,1-2H3,(H,16,18)/t12-/m1/s1. The molecule has 1 fully saturated rings. The van der Waals surface area contributed by atoms with Gasteiger partial charge in [0.1, 0.15) is 5.76 Å². The molecule has 1 N–H and O–H groups in total. The highest BCUT2D eigenvalue weighted by atomic mass is 32.2. The molecule has 4 nitrogen and oxygen atoms in total. The van der Waals surface area contributed by atoms with Crippen LogP contribution in [0.1, 0.15) is 50.5 Å². The van der Waals surface area contributed by atoms with Gasteiger partial charge in [-0.1, -0.05) is 24.4 Å². The van der Waals surface area contributed by atoms with E-state index in [2.05, 4.69) is 10.5 Å². The van der Waals surface area contributed by atoms with Gasteiger partial charge in [-0.15, -0.1) is 11.8 Å². The molecule has 1 atom stereocenters. The van der Waals surface area contributed by atoms with E-state index >= 15 is 0 Å². The zero-order chi connectivity index (χ0) is 14.4. The first-order valence-corrected chi connectivity index (χ1v) is 8.51. The molecule has 5 heteroatoms. The Hall–Kier alpha value is -0.970. The first-order chi connectivity index (χ1) is 9.65. The summed E-state index contributed by atoms with van der Waals surface area (Å²) in [6.45, 7) is 4.69. The number of rotatable bonds is 6. The SMILES string of the molecule is Cc1cc(CS[C@H](C)C(=O)NCC2CCCCC2)on1. The molecule has 1 saturated carbocycles. The minimum atomic E-state index is -0.0519. The first kappa shape index (κ1) is 15.4.